The van der Waals surface area contributed by atoms with Crippen LogP contribution in [-0.2, 0) is 20.2 Å². The number of alkyl halides is 3. The third-order valence-corrected chi connectivity index (χ3v) is 3.49. The molecule has 0 bridgehead atoms. The molecule has 2 unspecified atom stereocenters. The minimum atomic E-state index is -4.62. The van der Waals surface area contributed by atoms with Crippen LogP contribution in [0.15, 0.2) is 24.3 Å². The van der Waals surface area contributed by atoms with Crippen molar-refractivity contribution >= 4 is 14.2 Å². The third kappa shape index (κ3) is 3.20. The van der Waals surface area contributed by atoms with Crippen molar-refractivity contribution in [1.82, 2.24) is 0 Å². The van der Waals surface area contributed by atoms with E-state index in [0.717, 1.165) is 12.1 Å². The smallest absolute Gasteiger partial charge is 0.442 e. The van der Waals surface area contributed by atoms with E-state index < -0.39 is 37.5 Å². The number of carbonyl (C=O) groups is 1. The Hall–Kier alpha value is -1.69. The van der Waals surface area contributed by atoms with E-state index in [4.69, 9.17) is 4.52 Å². The lowest BCUT2D eigenvalue weighted by molar-refractivity contribution is -0.138. The van der Waals surface area contributed by atoms with Gasteiger partial charge in [0.15, 0.2) is 0 Å². The highest BCUT2D eigenvalue weighted by Gasteiger charge is 2.36. The fourth-order valence-corrected chi connectivity index (χ4v) is 2.35. The van der Waals surface area contributed by atoms with Crippen LogP contribution in [-0.4, -0.2) is 18.6 Å². The van der Waals surface area contributed by atoms with Crippen LogP contribution in [0.3, 0.4) is 0 Å². The molecule has 1 saturated heterocycles. The minimum absolute atomic E-state index is 0.301. The van der Waals surface area contributed by atoms with E-state index in [1.807, 2.05) is 0 Å². The molecule has 1 heterocycles. The van der Waals surface area contributed by atoms with Crippen LogP contribution >= 0.6 is 8.03 Å². The molecule has 0 aliphatic carbocycles. The molecule has 1 aromatic rings. The SMILES string of the molecule is O=C1OCC([PH](=O)Oc2ccccc2C(F)(F)F)O1. The van der Waals surface area contributed by atoms with Crippen LogP contribution in [0, 0.1) is 0 Å². The van der Waals surface area contributed by atoms with Crippen molar-refractivity contribution in [3.05, 3.63) is 29.8 Å². The van der Waals surface area contributed by atoms with Crippen molar-refractivity contribution in [3.8, 4) is 5.75 Å². The number of halogens is 3. The second-order valence-electron chi connectivity index (χ2n) is 3.58. The normalized spacial score (nSPS) is 20.6. The average Bonchev–Trinajstić information content (AvgIpc) is 2.75. The zero-order chi connectivity index (χ0) is 14.0. The Morgan fingerprint density at radius 1 is 1.32 bits per heavy atom. The zero-order valence-corrected chi connectivity index (χ0v) is 10.3. The molecule has 1 aromatic carbocycles. The van der Waals surface area contributed by atoms with Crippen LogP contribution in [0.1, 0.15) is 5.56 Å². The summed E-state index contributed by atoms with van der Waals surface area (Å²) in [6.45, 7) is -0.301. The van der Waals surface area contributed by atoms with Gasteiger partial charge in [-0.25, -0.2) is 4.79 Å². The lowest BCUT2D eigenvalue weighted by atomic mass is 10.2. The predicted octanol–water partition coefficient (Wildman–Crippen LogP) is 3.05. The van der Waals surface area contributed by atoms with Gasteiger partial charge in [-0.2, -0.15) is 13.2 Å². The van der Waals surface area contributed by atoms with Gasteiger partial charge in [-0.1, -0.05) is 12.1 Å². The van der Waals surface area contributed by atoms with Crippen molar-refractivity contribution in [2.24, 2.45) is 0 Å². The Kier molecular flexibility index (Phi) is 3.71. The molecule has 0 saturated carbocycles. The summed E-state index contributed by atoms with van der Waals surface area (Å²) in [5, 5.41) is 0. The monoisotopic (exact) mass is 296 g/mol. The van der Waals surface area contributed by atoms with E-state index in [1.165, 1.54) is 12.1 Å². The third-order valence-electron chi connectivity index (χ3n) is 2.26. The summed E-state index contributed by atoms with van der Waals surface area (Å²) >= 11 is 0. The molecule has 0 N–H and O–H groups in total. The maximum atomic E-state index is 12.7. The van der Waals surface area contributed by atoms with Crippen LogP contribution in [0.2, 0.25) is 0 Å². The van der Waals surface area contributed by atoms with Gasteiger partial charge in [0, 0.05) is 0 Å². The van der Waals surface area contributed by atoms with E-state index in [9.17, 15) is 22.5 Å². The van der Waals surface area contributed by atoms with Gasteiger partial charge >= 0.3 is 12.3 Å². The Balaban J connectivity index is 2.15. The number of benzene rings is 1. The van der Waals surface area contributed by atoms with Gasteiger partial charge in [-0.15, -0.1) is 0 Å². The van der Waals surface area contributed by atoms with Crippen molar-refractivity contribution in [1.29, 1.82) is 0 Å². The van der Waals surface area contributed by atoms with Crippen molar-refractivity contribution in [3.63, 3.8) is 0 Å². The molecule has 5 nitrogen and oxygen atoms in total. The molecule has 1 aliphatic heterocycles. The quantitative estimate of drug-likeness (QED) is 0.633. The van der Waals surface area contributed by atoms with E-state index in [0.29, 0.717) is 0 Å². The maximum absolute atomic E-state index is 12.7. The highest BCUT2D eigenvalue weighted by Crippen LogP contribution is 2.42. The first kappa shape index (κ1) is 13.7. The van der Waals surface area contributed by atoms with E-state index in [-0.39, 0.29) is 6.61 Å². The molecule has 19 heavy (non-hydrogen) atoms. The van der Waals surface area contributed by atoms with Gasteiger partial charge in [-0.3, -0.25) is 4.57 Å². The van der Waals surface area contributed by atoms with Gasteiger partial charge in [0.2, 0.25) is 5.85 Å². The standard InChI is InChI=1S/C10H8F3O5P/c11-10(12,13)6-3-1-2-4-7(6)18-19(15)8-5-16-9(14)17-8/h1-4,8,19H,5H2. The van der Waals surface area contributed by atoms with Gasteiger partial charge in [0.05, 0.1) is 5.56 Å². The van der Waals surface area contributed by atoms with Crippen LogP contribution in [0.5, 0.6) is 5.75 Å². The summed E-state index contributed by atoms with van der Waals surface area (Å²) in [4.78, 5) is 10.6. The minimum Gasteiger partial charge on any atom is -0.442 e. The highest BCUT2D eigenvalue weighted by atomic mass is 31.1. The Labute approximate surface area is 106 Å². The Morgan fingerprint density at radius 2 is 2.00 bits per heavy atom. The lowest BCUT2D eigenvalue weighted by Crippen LogP contribution is -2.10. The summed E-state index contributed by atoms with van der Waals surface area (Å²) in [6, 6.07) is 4.35. The number of carbonyl (C=O) groups excluding carboxylic acids is 1. The molecule has 2 rings (SSSR count). The van der Waals surface area contributed by atoms with Crippen molar-refractivity contribution in [2.45, 2.75) is 12.0 Å². The van der Waals surface area contributed by atoms with E-state index >= 15 is 0 Å². The van der Waals surface area contributed by atoms with Gasteiger partial charge in [0.25, 0.3) is 8.03 Å². The van der Waals surface area contributed by atoms with E-state index in [1.54, 1.807) is 0 Å². The van der Waals surface area contributed by atoms with Gasteiger partial charge in [-0.05, 0) is 12.1 Å². The molecule has 9 heteroatoms. The fourth-order valence-electron chi connectivity index (χ4n) is 1.41. The molecule has 104 valence electrons. The summed E-state index contributed by atoms with van der Waals surface area (Å²) < 4.78 is 63.3. The van der Waals surface area contributed by atoms with Crippen molar-refractivity contribution < 1.29 is 36.5 Å². The lowest BCUT2D eigenvalue weighted by Gasteiger charge is -2.14. The second-order valence-corrected chi connectivity index (χ2v) is 5.07. The number of para-hydroxylation sites is 1. The molecule has 0 radical (unpaired) electrons. The topological polar surface area (TPSA) is 61.8 Å². The fraction of sp³-hybridized carbons (Fsp3) is 0.300. The van der Waals surface area contributed by atoms with Gasteiger partial charge < -0.3 is 14.0 Å². The predicted molar refractivity (Wildman–Crippen MR) is 57.3 cm³/mol. The molecule has 0 amide bonds. The Bertz CT molecular complexity index is 516. The van der Waals surface area contributed by atoms with Crippen LogP contribution in [0.4, 0.5) is 18.0 Å². The largest absolute Gasteiger partial charge is 0.509 e. The molecule has 1 aliphatic rings. The highest BCUT2D eigenvalue weighted by molar-refractivity contribution is 7.40. The van der Waals surface area contributed by atoms with Gasteiger partial charge in [0.1, 0.15) is 12.4 Å². The first-order chi connectivity index (χ1) is 8.88. The summed E-state index contributed by atoms with van der Waals surface area (Å²) in [6.07, 6.45) is -5.64. The molecule has 1 fully saturated rings. The molecular weight excluding hydrogens is 288 g/mol. The second kappa shape index (κ2) is 5.13. The Morgan fingerprint density at radius 3 is 2.58 bits per heavy atom. The summed E-state index contributed by atoms with van der Waals surface area (Å²) in [5.41, 5.74) is -1.04. The zero-order valence-electron chi connectivity index (χ0n) is 9.27. The molecule has 0 spiro atoms. The van der Waals surface area contributed by atoms with E-state index in [2.05, 4.69) is 9.47 Å². The number of hydrogen-bond acceptors (Lipinski definition) is 5. The van der Waals surface area contributed by atoms with Crippen LogP contribution in [0.25, 0.3) is 0 Å². The van der Waals surface area contributed by atoms with Crippen molar-refractivity contribution in [2.75, 3.05) is 6.61 Å². The van der Waals surface area contributed by atoms with Crippen LogP contribution < -0.4 is 4.52 Å². The molecule has 2 atom stereocenters. The number of hydrogen-bond donors (Lipinski definition) is 0. The summed E-state index contributed by atoms with van der Waals surface area (Å²) in [7, 11) is -3.05. The average molecular weight is 296 g/mol. The summed E-state index contributed by atoms with van der Waals surface area (Å²) in [5.74, 6) is -1.74. The first-order valence-corrected chi connectivity index (χ1v) is 6.48. The molecular formula is C10H8F3O5P. The number of ether oxygens (including phenoxy) is 2. The number of cyclic esters (lactones) is 2. The first-order valence-electron chi connectivity index (χ1n) is 5.09. The maximum Gasteiger partial charge on any atom is 0.509 e. The number of rotatable bonds is 3. The molecule has 0 aromatic heterocycles.